The zero-order chi connectivity index (χ0) is 17.3. The Morgan fingerprint density at radius 2 is 1.85 bits per heavy atom. The molecule has 3 aromatic rings. The second kappa shape index (κ2) is 9.03. The molecule has 5 nitrogen and oxygen atoms in total. The summed E-state index contributed by atoms with van der Waals surface area (Å²) in [6.45, 7) is 3.34. The van der Waals surface area contributed by atoms with Crippen LogP contribution in [0.5, 0.6) is 0 Å². The number of amides is 1. The third-order valence-electron chi connectivity index (χ3n) is 4.06. The van der Waals surface area contributed by atoms with Crippen molar-refractivity contribution in [3.8, 4) is 0 Å². The van der Waals surface area contributed by atoms with Crippen molar-refractivity contribution >= 4 is 58.2 Å². The first-order valence-electron chi connectivity index (χ1n) is 7.99. The molecule has 26 heavy (non-hydrogen) atoms. The van der Waals surface area contributed by atoms with Crippen LogP contribution in [0.2, 0.25) is 0 Å². The van der Waals surface area contributed by atoms with Crippen LogP contribution in [0, 0.1) is 6.92 Å². The zero-order valence-electron chi connectivity index (χ0n) is 15.1. The summed E-state index contributed by atoms with van der Waals surface area (Å²) in [5, 5.41) is 4.69. The lowest BCUT2D eigenvalue weighted by molar-refractivity contribution is 0.0952. The van der Waals surface area contributed by atoms with Gasteiger partial charge in [0.2, 0.25) is 0 Å². The first kappa shape index (κ1) is 22.0. The fraction of sp³-hybridized carbons (Fsp3) is 0.263. The summed E-state index contributed by atoms with van der Waals surface area (Å²) in [6, 6.07) is 11.6. The monoisotopic (exact) mass is 394 g/mol. The lowest BCUT2D eigenvalue weighted by atomic mass is 10.0. The van der Waals surface area contributed by atoms with Crippen LogP contribution in [0.1, 0.15) is 15.9 Å². The molecule has 0 unspecified atom stereocenters. The molecule has 0 atom stereocenters. The number of hydrogen-bond donors (Lipinski definition) is 2. The zero-order valence-corrected chi connectivity index (χ0v) is 16.7. The van der Waals surface area contributed by atoms with Gasteiger partial charge in [-0.15, -0.1) is 24.8 Å². The van der Waals surface area contributed by atoms with Gasteiger partial charge in [0.05, 0.1) is 22.3 Å². The van der Waals surface area contributed by atoms with E-state index < -0.39 is 0 Å². The Balaban J connectivity index is 0.00000169. The quantitative estimate of drug-likeness (QED) is 0.665. The number of hydrogen-bond acceptors (Lipinski definition) is 4. The van der Waals surface area contributed by atoms with E-state index in [1.54, 1.807) is 0 Å². The number of rotatable bonds is 4. The summed E-state index contributed by atoms with van der Waals surface area (Å²) >= 11 is 0. The maximum Gasteiger partial charge on any atom is 0.253 e. The molecule has 0 aliphatic heterocycles. The first-order valence-corrected chi connectivity index (χ1v) is 7.99. The number of carbonyl (C=O) groups is 1. The Kier molecular flexibility index (Phi) is 7.63. The van der Waals surface area contributed by atoms with Crippen LogP contribution in [0.4, 0.5) is 5.69 Å². The molecule has 3 N–H and O–H groups in total. The Morgan fingerprint density at radius 3 is 2.54 bits per heavy atom. The number of fused-ring (bicyclic) bond motifs is 2. The van der Waals surface area contributed by atoms with E-state index in [1.807, 2.05) is 62.3 Å². The predicted molar refractivity (Wildman–Crippen MR) is 114 cm³/mol. The number of carbonyl (C=O) groups excluding carboxylic acids is 1. The van der Waals surface area contributed by atoms with Gasteiger partial charge >= 0.3 is 0 Å². The van der Waals surface area contributed by atoms with E-state index in [4.69, 9.17) is 10.7 Å². The van der Waals surface area contributed by atoms with E-state index in [2.05, 4.69) is 5.32 Å². The number of nitrogens with two attached hydrogens (primary N) is 1. The summed E-state index contributed by atoms with van der Waals surface area (Å²) in [5.41, 5.74) is 10.0. The average molecular weight is 395 g/mol. The lowest BCUT2D eigenvalue weighted by Gasteiger charge is -2.13. The molecule has 0 saturated heterocycles. The van der Waals surface area contributed by atoms with Gasteiger partial charge in [0.25, 0.3) is 5.91 Å². The molecule has 0 fully saturated rings. The number of nitrogen functional groups attached to an aromatic ring is 1. The molecule has 140 valence electrons. The highest BCUT2D eigenvalue weighted by atomic mass is 35.5. The van der Waals surface area contributed by atoms with Gasteiger partial charge in [-0.25, -0.2) is 4.98 Å². The number of nitrogens with zero attached hydrogens (tertiary/aromatic N) is 2. The molecule has 0 bridgehead atoms. The van der Waals surface area contributed by atoms with E-state index in [0.717, 1.165) is 28.4 Å². The normalized spacial score (nSPS) is 10.5. The highest BCUT2D eigenvalue weighted by Gasteiger charge is 2.15. The lowest BCUT2D eigenvalue weighted by Crippen LogP contribution is -2.31. The van der Waals surface area contributed by atoms with Crippen molar-refractivity contribution in [1.29, 1.82) is 0 Å². The summed E-state index contributed by atoms with van der Waals surface area (Å²) in [4.78, 5) is 19.3. The largest absolute Gasteiger partial charge is 0.398 e. The molecule has 1 heterocycles. The van der Waals surface area contributed by atoms with Crippen LogP contribution >= 0.6 is 24.8 Å². The van der Waals surface area contributed by atoms with Crippen LogP contribution in [0.15, 0.2) is 36.4 Å². The molecule has 1 aromatic heterocycles. The fourth-order valence-corrected chi connectivity index (χ4v) is 2.83. The number of para-hydroxylation sites is 1. The fourth-order valence-electron chi connectivity index (χ4n) is 2.83. The van der Waals surface area contributed by atoms with Gasteiger partial charge in [0.15, 0.2) is 0 Å². The van der Waals surface area contributed by atoms with Gasteiger partial charge < -0.3 is 16.0 Å². The van der Waals surface area contributed by atoms with Gasteiger partial charge in [-0.05, 0) is 44.8 Å². The number of anilines is 1. The smallest absolute Gasteiger partial charge is 0.253 e. The Morgan fingerprint density at radius 1 is 1.15 bits per heavy atom. The minimum absolute atomic E-state index is 0. The summed E-state index contributed by atoms with van der Waals surface area (Å²) in [5.74, 6) is -0.118. The molecule has 0 spiro atoms. The second-order valence-electron chi connectivity index (χ2n) is 6.31. The van der Waals surface area contributed by atoms with E-state index >= 15 is 0 Å². The van der Waals surface area contributed by atoms with Crippen molar-refractivity contribution in [2.75, 3.05) is 32.9 Å². The van der Waals surface area contributed by atoms with Crippen LogP contribution < -0.4 is 11.1 Å². The number of aryl methyl sites for hydroxylation is 1. The molecule has 0 saturated carbocycles. The summed E-state index contributed by atoms with van der Waals surface area (Å²) in [6.07, 6.45) is 0. The van der Waals surface area contributed by atoms with Crippen molar-refractivity contribution in [3.63, 3.8) is 0 Å². The van der Waals surface area contributed by atoms with Gasteiger partial charge in [-0.2, -0.15) is 0 Å². The van der Waals surface area contributed by atoms with Crippen molar-refractivity contribution in [2.45, 2.75) is 6.92 Å². The number of likely N-dealkylation sites (N-methyl/N-ethyl adjacent to an activating group) is 1. The minimum Gasteiger partial charge on any atom is -0.398 e. The van der Waals surface area contributed by atoms with Crippen LogP contribution in [-0.4, -0.2) is 43.0 Å². The van der Waals surface area contributed by atoms with Crippen molar-refractivity contribution in [1.82, 2.24) is 15.2 Å². The van der Waals surface area contributed by atoms with Crippen molar-refractivity contribution in [3.05, 3.63) is 47.5 Å². The van der Waals surface area contributed by atoms with E-state index in [-0.39, 0.29) is 30.7 Å². The molecule has 0 aliphatic rings. The average Bonchev–Trinajstić information content (AvgIpc) is 2.55. The number of pyridine rings is 1. The van der Waals surface area contributed by atoms with E-state index in [1.165, 1.54) is 0 Å². The van der Waals surface area contributed by atoms with Crippen molar-refractivity contribution in [2.24, 2.45) is 0 Å². The molecule has 0 radical (unpaired) electrons. The highest BCUT2D eigenvalue weighted by molar-refractivity contribution is 6.13. The maximum absolute atomic E-state index is 12.6. The number of nitrogens with one attached hydrogen (secondary N) is 1. The van der Waals surface area contributed by atoms with E-state index in [9.17, 15) is 4.79 Å². The van der Waals surface area contributed by atoms with Gasteiger partial charge in [-0.1, -0.05) is 18.2 Å². The minimum atomic E-state index is -0.118. The molecular weight excluding hydrogens is 371 g/mol. The molecular formula is C19H24Cl2N4O. The molecule has 7 heteroatoms. The summed E-state index contributed by atoms with van der Waals surface area (Å²) in [7, 11) is 3.95. The standard InChI is InChI=1S/C19H22N4O.2ClH/c1-12-10-14-17(20)13-6-4-5-7-16(13)22-18(14)15(11-12)19(24)21-8-9-23(2)3;;/h4-7,10-11H,8-9H2,1-3H3,(H2,20,22)(H,21,24);2*1H. The molecule has 3 rings (SSSR count). The van der Waals surface area contributed by atoms with E-state index in [0.29, 0.717) is 23.3 Å². The molecule has 1 amide bonds. The van der Waals surface area contributed by atoms with Gasteiger partial charge in [0, 0.05) is 23.9 Å². The third-order valence-corrected chi connectivity index (χ3v) is 4.06. The first-order chi connectivity index (χ1) is 11.5. The SMILES string of the molecule is Cc1cc(C(=O)NCCN(C)C)c2nc3ccccc3c(N)c2c1.Cl.Cl. The molecule has 2 aromatic carbocycles. The van der Waals surface area contributed by atoms with Crippen LogP contribution in [0.25, 0.3) is 21.8 Å². The predicted octanol–water partition coefficient (Wildman–Crippen LogP) is 3.41. The third kappa shape index (κ3) is 4.36. The number of aromatic nitrogens is 1. The second-order valence-corrected chi connectivity index (χ2v) is 6.31. The topological polar surface area (TPSA) is 71.2 Å². The highest BCUT2D eigenvalue weighted by Crippen LogP contribution is 2.30. The van der Waals surface area contributed by atoms with Crippen LogP contribution in [0.3, 0.4) is 0 Å². The Bertz CT molecular complexity index is 928. The van der Waals surface area contributed by atoms with Crippen molar-refractivity contribution < 1.29 is 4.79 Å². The van der Waals surface area contributed by atoms with Gasteiger partial charge in [0.1, 0.15) is 0 Å². The Hall–Kier alpha value is -2.08. The number of halogens is 2. The molecule has 0 aliphatic carbocycles. The Labute approximate surface area is 165 Å². The number of benzene rings is 2. The van der Waals surface area contributed by atoms with Gasteiger partial charge in [-0.3, -0.25) is 4.79 Å². The van der Waals surface area contributed by atoms with Crippen LogP contribution in [-0.2, 0) is 0 Å². The maximum atomic E-state index is 12.6. The summed E-state index contributed by atoms with van der Waals surface area (Å²) < 4.78 is 0.